The average molecular weight is 412 g/mol. The Hall–Kier alpha value is -3.93. The van der Waals surface area contributed by atoms with Crippen molar-refractivity contribution >= 4 is 5.71 Å². The second-order valence-corrected chi connectivity index (χ2v) is 7.39. The van der Waals surface area contributed by atoms with E-state index in [0.29, 0.717) is 0 Å². The number of benzene rings is 3. The minimum Gasteiger partial charge on any atom is -0.497 e. The molecule has 154 valence electrons. The highest BCUT2D eigenvalue weighted by Crippen LogP contribution is 2.33. The number of nitrogens with one attached hydrogen (secondary N) is 1. The summed E-state index contributed by atoms with van der Waals surface area (Å²) in [5.74, 6) is 0.548. The first-order valence-electron chi connectivity index (χ1n) is 10.1. The van der Waals surface area contributed by atoms with Crippen molar-refractivity contribution < 1.29 is 9.13 Å². The van der Waals surface area contributed by atoms with E-state index in [9.17, 15) is 4.39 Å². The predicted octanol–water partition coefficient (Wildman–Crippen LogP) is 5.13. The Labute approximate surface area is 179 Å². The molecule has 0 amide bonds. The van der Waals surface area contributed by atoms with Gasteiger partial charge in [0.15, 0.2) is 0 Å². The molecule has 0 aliphatic carbocycles. The predicted molar refractivity (Wildman–Crippen MR) is 119 cm³/mol. The third-order valence-corrected chi connectivity index (χ3v) is 5.43. The highest BCUT2D eigenvalue weighted by molar-refractivity contribution is 6.02. The number of rotatable bonds is 5. The van der Waals surface area contributed by atoms with Crippen LogP contribution in [0, 0.1) is 5.82 Å². The zero-order valence-corrected chi connectivity index (χ0v) is 17.0. The number of hydrazone groups is 1. The Bertz CT molecular complexity index is 1210. The highest BCUT2D eigenvalue weighted by Gasteiger charge is 2.26. The van der Waals surface area contributed by atoms with Gasteiger partial charge in [-0.15, -0.1) is 0 Å². The Morgan fingerprint density at radius 2 is 1.65 bits per heavy atom. The normalized spacial score (nSPS) is 15.4. The summed E-state index contributed by atoms with van der Waals surface area (Å²) in [5.41, 5.74) is 8.95. The fourth-order valence-electron chi connectivity index (χ4n) is 3.77. The number of halogens is 1. The molecule has 5 rings (SSSR count). The van der Waals surface area contributed by atoms with Gasteiger partial charge in [-0.1, -0.05) is 18.2 Å². The van der Waals surface area contributed by atoms with Crippen LogP contribution in [0.5, 0.6) is 5.75 Å². The molecule has 1 aliphatic rings. The molecular formula is C25H21FN4O. The summed E-state index contributed by atoms with van der Waals surface area (Å²) in [6.45, 7) is 0. The van der Waals surface area contributed by atoms with Crippen molar-refractivity contribution in [3.05, 3.63) is 102 Å². The molecule has 6 heteroatoms. The molecule has 1 atom stereocenters. The SMILES string of the molecule is COc1ccc(C2=NNC(c3cn(-c4ccccc4)nc3-c3ccc(F)cc3)C2)cc1. The quantitative estimate of drug-likeness (QED) is 0.495. The van der Waals surface area contributed by atoms with Gasteiger partial charge in [0.05, 0.1) is 30.2 Å². The van der Waals surface area contributed by atoms with Gasteiger partial charge in [-0.3, -0.25) is 0 Å². The molecule has 0 fully saturated rings. The summed E-state index contributed by atoms with van der Waals surface area (Å²) in [5, 5.41) is 9.41. The second kappa shape index (κ2) is 8.07. The van der Waals surface area contributed by atoms with Crippen molar-refractivity contribution in [3.63, 3.8) is 0 Å². The Balaban J connectivity index is 1.49. The number of para-hydroxylation sites is 1. The van der Waals surface area contributed by atoms with Crippen LogP contribution < -0.4 is 10.2 Å². The molecule has 0 radical (unpaired) electrons. The lowest BCUT2D eigenvalue weighted by molar-refractivity contribution is 0.415. The maximum atomic E-state index is 13.5. The monoisotopic (exact) mass is 412 g/mol. The van der Waals surface area contributed by atoms with Crippen LogP contribution in [0.25, 0.3) is 16.9 Å². The van der Waals surface area contributed by atoms with Crippen LogP contribution in [-0.2, 0) is 0 Å². The molecule has 4 aromatic rings. The van der Waals surface area contributed by atoms with E-state index in [4.69, 9.17) is 9.84 Å². The lowest BCUT2D eigenvalue weighted by Gasteiger charge is -2.10. The smallest absolute Gasteiger partial charge is 0.123 e. The molecule has 1 aliphatic heterocycles. The standard InChI is InChI=1S/C25H21FN4O/c1-31-21-13-9-17(10-14-21)23-15-24(28-27-23)22-16-30(20-5-3-2-4-6-20)29-25(22)18-7-11-19(26)12-8-18/h2-14,16,24,28H,15H2,1H3. The van der Waals surface area contributed by atoms with Crippen molar-refractivity contribution in [3.8, 4) is 22.7 Å². The molecule has 5 nitrogen and oxygen atoms in total. The van der Waals surface area contributed by atoms with E-state index in [1.165, 1.54) is 12.1 Å². The van der Waals surface area contributed by atoms with E-state index in [1.54, 1.807) is 19.2 Å². The second-order valence-electron chi connectivity index (χ2n) is 7.39. The first kappa shape index (κ1) is 19.1. The van der Waals surface area contributed by atoms with Gasteiger partial charge in [0.1, 0.15) is 11.6 Å². The number of hydrogen-bond acceptors (Lipinski definition) is 4. The van der Waals surface area contributed by atoms with Gasteiger partial charge in [-0.2, -0.15) is 10.2 Å². The van der Waals surface area contributed by atoms with Gasteiger partial charge in [0, 0.05) is 23.7 Å². The van der Waals surface area contributed by atoms with E-state index in [2.05, 4.69) is 10.5 Å². The molecule has 0 spiro atoms. The Morgan fingerprint density at radius 1 is 0.935 bits per heavy atom. The van der Waals surface area contributed by atoms with Crippen LogP contribution in [0.1, 0.15) is 23.6 Å². The van der Waals surface area contributed by atoms with Gasteiger partial charge >= 0.3 is 0 Å². The topological polar surface area (TPSA) is 51.4 Å². The van der Waals surface area contributed by atoms with E-state index in [-0.39, 0.29) is 11.9 Å². The van der Waals surface area contributed by atoms with Gasteiger partial charge in [-0.25, -0.2) is 9.07 Å². The molecule has 0 saturated heterocycles. The van der Waals surface area contributed by atoms with E-state index in [1.807, 2.05) is 65.5 Å². The maximum absolute atomic E-state index is 13.5. The first-order chi connectivity index (χ1) is 15.2. The van der Waals surface area contributed by atoms with E-state index in [0.717, 1.165) is 46.0 Å². The van der Waals surface area contributed by atoms with Crippen molar-refractivity contribution in [2.24, 2.45) is 5.10 Å². The summed E-state index contributed by atoms with van der Waals surface area (Å²) in [6, 6.07) is 24.2. The van der Waals surface area contributed by atoms with Crippen molar-refractivity contribution in [1.29, 1.82) is 0 Å². The summed E-state index contributed by atoms with van der Waals surface area (Å²) < 4.78 is 20.6. The van der Waals surface area contributed by atoms with Crippen LogP contribution in [0.2, 0.25) is 0 Å². The van der Waals surface area contributed by atoms with Crippen molar-refractivity contribution in [1.82, 2.24) is 15.2 Å². The van der Waals surface area contributed by atoms with Gasteiger partial charge < -0.3 is 10.2 Å². The zero-order chi connectivity index (χ0) is 21.2. The third-order valence-electron chi connectivity index (χ3n) is 5.43. The molecular weight excluding hydrogens is 391 g/mol. The lowest BCUT2D eigenvalue weighted by Crippen LogP contribution is -2.10. The molecule has 2 heterocycles. The van der Waals surface area contributed by atoms with Crippen LogP contribution in [-0.4, -0.2) is 22.6 Å². The van der Waals surface area contributed by atoms with E-state index < -0.39 is 0 Å². The number of methoxy groups -OCH3 is 1. The lowest BCUT2D eigenvalue weighted by atomic mass is 9.97. The number of nitrogens with zero attached hydrogens (tertiary/aromatic N) is 3. The number of hydrogen-bond donors (Lipinski definition) is 1. The zero-order valence-electron chi connectivity index (χ0n) is 17.0. The Kier molecular flexibility index (Phi) is 4.96. The molecule has 31 heavy (non-hydrogen) atoms. The summed E-state index contributed by atoms with van der Waals surface area (Å²) in [7, 11) is 1.65. The fraction of sp³-hybridized carbons (Fsp3) is 0.120. The Morgan fingerprint density at radius 3 is 2.35 bits per heavy atom. The molecule has 1 N–H and O–H groups in total. The van der Waals surface area contributed by atoms with Crippen LogP contribution in [0.4, 0.5) is 4.39 Å². The van der Waals surface area contributed by atoms with Gasteiger partial charge in [0.25, 0.3) is 0 Å². The minimum absolute atomic E-state index is 0.0328. The van der Waals surface area contributed by atoms with Crippen LogP contribution in [0.3, 0.4) is 0 Å². The molecule has 1 unspecified atom stereocenters. The van der Waals surface area contributed by atoms with E-state index >= 15 is 0 Å². The average Bonchev–Trinajstić information content (AvgIpc) is 3.48. The van der Waals surface area contributed by atoms with Gasteiger partial charge in [0.2, 0.25) is 0 Å². The number of aromatic nitrogens is 2. The van der Waals surface area contributed by atoms with Crippen LogP contribution >= 0.6 is 0 Å². The summed E-state index contributed by atoms with van der Waals surface area (Å²) in [6.07, 6.45) is 2.75. The van der Waals surface area contributed by atoms with Crippen LogP contribution in [0.15, 0.2) is 90.2 Å². The highest BCUT2D eigenvalue weighted by atomic mass is 19.1. The third kappa shape index (κ3) is 3.80. The minimum atomic E-state index is -0.267. The van der Waals surface area contributed by atoms with Gasteiger partial charge in [-0.05, 0) is 66.2 Å². The first-order valence-corrected chi connectivity index (χ1v) is 10.1. The largest absolute Gasteiger partial charge is 0.497 e. The maximum Gasteiger partial charge on any atom is 0.123 e. The number of ether oxygens (including phenoxy) is 1. The molecule has 0 bridgehead atoms. The molecule has 0 saturated carbocycles. The summed E-state index contributed by atoms with van der Waals surface area (Å²) in [4.78, 5) is 0. The summed E-state index contributed by atoms with van der Waals surface area (Å²) >= 11 is 0. The fourth-order valence-corrected chi connectivity index (χ4v) is 3.77. The van der Waals surface area contributed by atoms with Crippen molar-refractivity contribution in [2.75, 3.05) is 7.11 Å². The molecule has 3 aromatic carbocycles. The molecule has 1 aromatic heterocycles. The van der Waals surface area contributed by atoms with Crippen molar-refractivity contribution in [2.45, 2.75) is 12.5 Å².